The molecule has 0 saturated carbocycles. The zero-order valence-electron chi connectivity index (χ0n) is 13.1. The first-order valence-electron chi connectivity index (χ1n) is 7.24. The number of carbonyl (C=O) groups excluding carboxylic acids is 1. The van der Waals surface area contributed by atoms with Gasteiger partial charge in [-0.15, -0.1) is 0 Å². The van der Waals surface area contributed by atoms with E-state index in [0.717, 1.165) is 11.1 Å². The fourth-order valence-electron chi connectivity index (χ4n) is 2.10. The van der Waals surface area contributed by atoms with Crippen molar-refractivity contribution in [2.45, 2.75) is 13.8 Å². The van der Waals surface area contributed by atoms with Gasteiger partial charge in [0.2, 0.25) is 0 Å². The summed E-state index contributed by atoms with van der Waals surface area (Å²) in [6.07, 6.45) is 3.32. The van der Waals surface area contributed by atoms with Gasteiger partial charge in [-0.2, -0.15) is 0 Å². The average Bonchev–Trinajstić information content (AvgIpc) is 2.54. The number of hydrogen-bond acceptors (Lipinski definition) is 3. The SMILES string of the molecule is CCOc1c(/C=C/C(=O)c2ccc(C)cc2)cccc1OC. The van der Waals surface area contributed by atoms with Crippen molar-refractivity contribution in [1.29, 1.82) is 0 Å². The van der Waals surface area contributed by atoms with Gasteiger partial charge in [-0.05, 0) is 32.1 Å². The lowest BCUT2D eigenvalue weighted by Gasteiger charge is -2.11. The van der Waals surface area contributed by atoms with Crippen LogP contribution in [0, 0.1) is 6.92 Å². The predicted octanol–water partition coefficient (Wildman–Crippen LogP) is 4.30. The van der Waals surface area contributed by atoms with E-state index in [1.54, 1.807) is 19.3 Å². The first-order chi connectivity index (χ1) is 10.7. The van der Waals surface area contributed by atoms with Gasteiger partial charge >= 0.3 is 0 Å². The fourth-order valence-corrected chi connectivity index (χ4v) is 2.10. The first-order valence-corrected chi connectivity index (χ1v) is 7.24. The number of aryl methyl sites for hydroxylation is 1. The molecule has 114 valence electrons. The third-order valence-electron chi connectivity index (χ3n) is 3.27. The average molecular weight is 296 g/mol. The molecule has 0 aliphatic rings. The van der Waals surface area contributed by atoms with Crippen molar-refractivity contribution in [3.8, 4) is 11.5 Å². The van der Waals surface area contributed by atoms with E-state index >= 15 is 0 Å². The highest BCUT2D eigenvalue weighted by molar-refractivity contribution is 6.07. The molecule has 0 aliphatic heterocycles. The number of hydrogen-bond donors (Lipinski definition) is 0. The molecule has 0 amide bonds. The molecule has 0 radical (unpaired) electrons. The van der Waals surface area contributed by atoms with Crippen molar-refractivity contribution in [2.75, 3.05) is 13.7 Å². The van der Waals surface area contributed by atoms with Gasteiger partial charge in [-0.1, -0.05) is 42.0 Å². The summed E-state index contributed by atoms with van der Waals surface area (Å²) in [5.74, 6) is 1.28. The molecular weight excluding hydrogens is 276 g/mol. The summed E-state index contributed by atoms with van der Waals surface area (Å²) in [5.41, 5.74) is 2.62. The molecule has 0 heterocycles. The van der Waals surface area contributed by atoms with Gasteiger partial charge in [0, 0.05) is 11.1 Å². The third kappa shape index (κ3) is 3.76. The molecule has 0 N–H and O–H groups in total. The maximum Gasteiger partial charge on any atom is 0.185 e. The van der Waals surface area contributed by atoms with Gasteiger partial charge in [-0.3, -0.25) is 4.79 Å². The van der Waals surface area contributed by atoms with E-state index in [1.165, 1.54) is 0 Å². The van der Waals surface area contributed by atoms with Crippen molar-refractivity contribution < 1.29 is 14.3 Å². The maximum atomic E-state index is 12.2. The first kappa shape index (κ1) is 15.8. The minimum Gasteiger partial charge on any atom is -0.493 e. The normalized spacial score (nSPS) is 10.7. The van der Waals surface area contributed by atoms with Crippen LogP contribution in [0.5, 0.6) is 11.5 Å². The van der Waals surface area contributed by atoms with E-state index in [9.17, 15) is 4.79 Å². The fraction of sp³-hybridized carbons (Fsp3) is 0.211. The highest BCUT2D eigenvalue weighted by Crippen LogP contribution is 2.32. The molecule has 2 rings (SSSR count). The Balaban J connectivity index is 2.25. The molecule has 0 spiro atoms. The van der Waals surface area contributed by atoms with Crippen molar-refractivity contribution >= 4 is 11.9 Å². The van der Waals surface area contributed by atoms with Gasteiger partial charge in [0.15, 0.2) is 17.3 Å². The Morgan fingerprint density at radius 2 is 1.86 bits per heavy atom. The highest BCUT2D eigenvalue weighted by Gasteiger charge is 2.08. The summed E-state index contributed by atoms with van der Waals surface area (Å²) in [7, 11) is 1.60. The number of allylic oxidation sites excluding steroid dienone is 1. The standard InChI is InChI=1S/C19H20O3/c1-4-22-19-16(6-5-7-18(19)21-3)12-13-17(20)15-10-8-14(2)9-11-15/h5-13H,4H2,1-3H3/b13-12+. The Morgan fingerprint density at radius 1 is 1.14 bits per heavy atom. The Hall–Kier alpha value is -2.55. The lowest BCUT2D eigenvalue weighted by Crippen LogP contribution is -1.98. The zero-order valence-corrected chi connectivity index (χ0v) is 13.1. The lowest BCUT2D eigenvalue weighted by atomic mass is 10.1. The molecule has 2 aromatic carbocycles. The van der Waals surface area contributed by atoms with E-state index in [0.29, 0.717) is 23.7 Å². The van der Waals surface area contributed by atoms with Crippen molar-refractivity contribution in [1.82, 2.24) is 0 Å². The smallest absolute Gasteiger partial charge is 0.185 e. The zero-order chi connectivity index (χ0) is 15.9. The van der Waals surface area contributed by atoms with Crippen LogP contribution in [0.1, 0.15) is 28.4 Å². The van der Waals surface area contributed by atoms with Crippen molar-refractivity contribution in [3.63, 3.8) is 0 Å². The number of para-hydroxylation sites is 1. The maximum absolute atomic E-state index is 12.2. The second kappa shape index (κ2) is 7.46. The molecule has 3 heteroatoms. The monoisotopic (exact) mass is 296 g/mol. The van der Waals surface area contributed by atoms with Crippen molar-refractivity contribution in [2.24, 2.45) is 0 Å². The van der Waals surface area contributed by atoms with Crippen LogP contribution in [0.4, 0.5) is 0 Å². The topological polar surface area (TPSA) is 35.5 Å². The molecule has 0 aromatic heterocycles. The molecule has 0 atom stereocenters. The molecule has 0 saturated heterocycles. The van der Waals surface area contributed by atoms with Crippen LogP contribution in [-0.2, 0) is 0 Å². The van der Waals surface area contributed by atoms with Gasteiger partial charge in [0.25, 0.3) is 0 Å². The van der Waals surface area contributed by atoms with E-state index in [4.69, 9.17) is 9.47 Å². The molecule has 0 bridgehead atoms. The number of rotatable bonds is 6. The van der Waals surface area contributed by atoms with Crippen LogP contribution >= 0.6 is 0 Å². The Labute approximate surface area is 131 Å². The number of benzene rings is 2. The number of ketones is 1. The molecule has 2 aromatic rings. The molecular formula is C19H20O3. The summed E-state index contributed by atoms with van der Waals surface area (Å²) < 4.78 is 10.9. The summed E-state index contributed by atoms with van der Waals surface area (Å²) in [6, 6.07) is 13.1. The van der Waals surface area contributed by atoms with Gasteiger partial charge in [0.1, 0.15) is 0 Å². The van der Waals surface area contributed by atoms with Crippen LogP contribution in [-0.4, -0.2) is 19.5 Å². The predicted molar refractivity (Wildman–Crippen MR) is 88.7 cm³/mol. The Kier molecular flexibility index (Phi) is 5.37. The van der Waals surface area contributed by atoms with E-state index < -0.39 is 0 Å². The number of methoxy groups -OCH3 is 1. The molecule has 0 fully saturated rings. The number of carbonyl (C=O) groups is 1. The van der Waals surface area contributed by atoms with Crippen LogP contribution in [0.2, 0.25) is 0 Å². The quantitative estimate of drug-likeness (QED) is 0.589. The molecule has 3 nitrogen and oxygen atoms in total. The second-order valence-corrected chi connectivity index (χ2v) is 4.88. The molecule has 22 heavy (non-hydrogen) atoms. The summed E-state index contributed by atoms with van der Waals surface area (Å²) >= 11 is 0. The van der Waals surface area contributed by atoms with Crippen LogP contribution < -0.4 is 9.47 Å². The number of ether oxygens (including phenoxy) is 2. The van der Waals surface area contributed by atoms with Gasteiger partial charge in [0.05, 0.1) is 13.7 Å². The van der Waals surface area contributed by atoms with Crippen LogP contribution in [0.15, 0.2) is 48.5 Å². The molecule has 0 unspecified atom stereocenters. The van der Waals surface area contributed by atoms with Gasteiger partial charge in [-0.25, -0.2) is 0 Å². The van der Waals surface area contributed by atoms with Crippen LogP contribution in [0.25, 0.3) is 6.08 Å². The molecule has 0 aliphatic carbocycles. The summed E-state index contributed by atoms with van der Waals surface area (Å²) in [5, 5.41) is 0. The van der Waals surface area contributed by atoms with Gasteiger partial charge < -0.3 is 9.47 Å². The Morgan fingerprint density at radius 3 is 2.50 bits per heavy atom. The minimum absolute atomic E-state index is 0.0368. The lowest BCUT2D eigenvalue weighted by molar-refractivity contribution is 0.104. The van der Waals surface area contributed by atoms with E-state index in [-0.39, 0.29) is 5.78 Å². The summed E-state index contributed by atoms with van der Waals surface area (Å²) in [6.45, 7) is 4.44. The second-order valence-electron chi connectivity index (χ2n) is 4.88. The highest BCUT2D eigenvalue weighted by atomic mass is 16.5. The van der Waals surface area contributed by atoms with Crippen LogP contribution in [0.3, 0.4) is 0 Å². The Bertz CT molecular complexity index is 670. The minimum atomic E-state index is -0.0368. The van der Waals surface area contributed by atoms with E-state index in [1.807, 2.05) is 56.3 Å². The van der Waals surface area contributed by atoms with E-state index in [2.05, 4.69) is 0 Å². The van der Waals surface area contributed by atoms with Crippen molar-refractivity contribution in [3.05, 3.63) is 65.2 Å². The third-order valence-corrected chi connectivity index (χ3v) is 3.27. The summed E-state index contributed by atoms with van der Waals surface area (Å²) in [4.78, 5) is 12.2. The largest absolute Gasteiger partial charge is 0.493 e.